The van der Waals surface area contributed by atoms with Crippen LogP contribution >= 0.6 is 0 Å². The Morgan fingerprint density at radius 1 is 1.23 bits per heavy atom. The molecule has 1 aliphatic rings. The third-order valence-corrected chi connectivity index (χ3v) is 5.70. The first-order valence-electron chi connectivity index (χ1n) is 8.95. The Kier molecular flexibility index (Phi) is 5.91. The molecule has 1 aliphatic heterocycles. The Morgan fingerprint density at radius 3 is 2.73 bits per heavy atom. The van der Waals surface area contributed by atoms with Crippen LogP contribution < -0.4 is 10.0 Å². The van der Waals surface area contributed by atoms with Gasteiger partial charge in [0.15, 0.2) is 5.78 Å². The first kappa shape index (κ1) is 21.8. The van der Waals surface area contributed by atoms with Gasteiger partial charge < -0.3 is 4.90 Å². The van der Waals surface area contributed by atoms with Crippen molar-refractivity contribution in [3.63, 3.8) is 0 Å². The molecule has 10 heteroatoms. The quantitative estimate of drug-likeness (QED) is 0.620. The standard InChI is InChI=1S/C19H18F2N4O3S.CH4/c20-12-3-4-16(21)14(8-12)17-2-1-6-24(17)13-5-7-25-18(9-13)15(10-23-25)19(26)11-29(22,27)28;/h3-5,7-10,17H,1-2,6,11H2,(H2,22,27,28);1H4/t17-;/m1./s1. The summed E-state index contributed by atoms with van der Waals surface area (Å²) >= 11 is 0. The minimum absolute atomic E-state index is 0. The second-order valence-electron chi connectivity index (χ2n) is 7.02. The SMILES string of the molecule is C.NS(=O)(=O)CC(=O)c1cnn2ccc(N3CCC[C@@H]3c3cc(F)ccc3F)cc12. The number of Topliss-reactive ketones (excluding diaryl/α,β-unsaturated/α-hetero) is 1. The van der Waals surface area contributed by atoms with Crippen LogP contribution in [0.5, 0.6) is 0 Å². The molecule has 1 saturated heterocycles. The molecule has 0 spiro atoms. The fraction of sp³-hybridized carbons (Fsp3) is 0.300. The maximum atomic E-state index is 14.3. The van der Waals surface area contributed by atoms with Crippen LogP contribution in [-0.2, 0) is 10.0 Å². The van der Waals surface area contributed by atoms with Gasteiger partial charge in [-0.3, -0.25) is 4.79 Å². The van der Waals surface area contributed by atoms with Crippen molar-refractivity contribution in [1.82, 2.24) is 9.61 Å². The molecule has 0 amide bonds. The number of hydrogen-bond donors (Lipinski definition) is 1. The summed E-state index contributed by atoms with van der Waals surface area (Å²) in [6.07, 6.45) is 4.38. The molecular formula is C20H22F2N4O3S. The van der Waals surface area contributed by atoms with E-state index in [4.69, 9.17) is 5.14 Å². The van der Waals surface area contributed by atoms with Crippen molar-refractivity contribution in [2.45, 2.75) is 26.3 Å². The predicted molar refractivity (Wildman–Crippen MR) is 110 cm³/mol. The van der Waals surface area contributed by atoms with Gasteiger partial charge >= 0.3 is 0 Å². The fourth-order valence-electron chi connectivity index (χ4n) is 3.79. The molecule has 0 unspecified atom stereocenters. The van der Waals surface area contributed by atoms with Crippen LogP contribution in [0.25, 0.3) is 5.52 Å². The summed E-state index contributed by atoms with van der Waals surface area (Å²) in [6.45, 7) is 0.630. The Labute approximate surface area is 173 Å². The highest BCUT2D eigenvalue weighted by molar-refractivity contribution is 7.89. The number of carbonyl (C=O) groups excluding carboxylic acids is 1. The van der Waals surface area contributed by atoms with Crippen LogP contribution in [0.1, 0.15) is 42.2 Å². The first-order chi connectivity index (χ1) is 13.7. The molecule has 2 N–H and O–H groups in total. The number of anilines is 1. The molecule has 2 aromatic heterocycles. The lowest BCUT2D eigenvalue weighted by Crippen LogP contribution is -2.24. The number of hydrogen-bond acceptors (Lipinski definition) is 5. The van der Waals surface area contributed by atoms with E-state index in [1.165, 1.54) is 16.8 Å². The number of primary sulfonamides is 1. The van der Waals surface area contributed by atoms with Gasteiger partial charge in [-0.15, -0.1) is 0 Å². The Hall–Kier alpha value is -2.85. The number of benzene rings is 1. The van der Waals surface area contributed by atoms with E-state index >= 15 is 0 Å². The minimum atomic E-state index is -3.97. The lowest BCUT2D eigenvalue weighted by Gasteiger charge is -2.27. The van der Waals surface area contributed by atoms with E-state index in [2.05, 4.69) is 5.10 Å². The zero-order valence-corrected chi connectivity index (χ0v) is 16.1. The normalized spacial score (nSPS) is 16.6. The molecule has 160 valence electrons. The topological polar surface area (TPSA) is 97.8 Å². The Bertz CT molecular complexity index is 1210. The van der Waals surface area contributed by atoms with E-state index in [0.29, 0.717) is 24.2 Å². The van der Waals surface area contributed by atoms with E-state index in [1.807, 2.05) is 4.90 Å². The van der Waals surface area contributed by atoms with Gasteiger partial charge in [0, 0.05) is 24.0 Å². The van der Waals surface area contributed by atoms with E-state index in [0.717, 1.165) is 18.6 Å². The van der Waals surface area contributed by atoms with E-state index in [-0.39, 0.29) is 24.6 Å². The molecule has 0 aliphatic carbocycles. The maximum Gasteiger partial charge on any atom is 0.216 e. The van der Waals surface area contributed by atoms with Gasteiger partial charge in [-0.05, 0) is 43.2 Å². The van der Waals surface area contributed by atoms with Gasteiger partial charge in [0.1, 0.15) is 17.4 Å². The minimum Gasteiger partial charge on any atom is -0.364 e. The second-order valence-corrected chi connectivity index (χ2v) is 8.64. The van der Waals surface area contributed by atoms with Crippen LogP contribution in [0.3, 0.4) is 0 Å². The summed E-state index contributed by atoms with van der Waals surface area (Å²) in [5.74, 6) is -2.46. The smallest absolute Gasteiger partial charge is 0.216 e. The lowest BCUT2D eigenvalue weighted by molar-refractivity contribution is 0.102. The summed E-state index contributed by atoms with van der Waals surface area (Å²) in [7, 11) is -3.97. The van der Waals surface area contributed by atoms with Gasteiger partial charge in [0.25, 0.3) is 0 Å². The molecule has 0 saturated carbocycles. The van der Waals surface area contributed by atoms with E-state index < -0.39 is 33.2 Å². The Balaban J connectivity index is 0.00000256. The van der Waals surface area contributed by atoms with Crippen molar-refractivity contribution in [2.75, 3.05) is 17.2 Å². The van der Waals surface area contributed by atoms with Crippen molar-refractivity contribution in [3.05, 3.63) is 65.5 Å². The van der Waals surface area contributed by atoms with Gasteiger partial charge in [-0.1, -0.05) is 7.43 Å². The number of nitrogens with two attached hydrogens (primary N) is 1. The predicted octanol–water partition coefficient (Wildman–Crippen LogP) is 3.06. The summed E-state index contributed by atoms with van der Waals surface area (Å²) in [6, 6.07) is 6.52. The van der Waals surface area contributed by atoms with E-state index in [9.17, 15) is 22.0 Å². The van der Waals surface area contributed by atoms with Crippen molar-refractivity contribution in [3.8, 4) is 0 Å². The summed E-state index contributed by atoms with van der Waals surface area (Å²) in [5.41, 5.74) is 1.53. The number of halogens is 2. The largest absolute Gasteiger partial charge is 0.364 e. The maximum absolute atomic E-state index is 14.3. The van der Waals surface area contributed by atoms with Crippen LogP contribution in [0.15, 0.2) is 42.7 Å². The number of rotatable bonds is 5. The van der Waals surface area contributed by atoms with Gasteiger partial charge in [-0.25, -0.2) is 26.9 Å². The fourth-order valence-corrected chi connectivity index (χ4v) is 4.31. The van der Waals surface area contributed by atoms with Crippen LogP contribution in [0.2, 0.25) is 0 Å². The first-order valence-corrected chi connectivity index (χ1v) is 10.7. The average molecular weight is 436 g/mol. The van der Waals surface area contributed by atoms with Crippen molar-refractivity contribution in [1.29, 1.82) is 0 Å². The zero-order chi connectivity index (χ0) is 20.8. The molecule has 0 bridgehead atoms. The number of pyridine rings is 1. The molecule has 7 nitrogen and oxygen atoms in total. The molecule has 0 radical (unpaired) electrons. The monoisotopic (exact) mass is 436 g/mol. The van der Waals surface area contributed by atoms with Crippen LogP contribution in [0, 0.1) is 11.6 Å². The third kappa shape index (κ3) is 4.19. The van der Waals surface area contributed by atoms with Gasteiger partial charge in [-0.2, -0.15) is 5.10 Å². The lowest BCUT2D eigenvalue weighted by atomic mass is 10.0. The van der Waals surface area contributed by atoms with Crippen LogP contribution in [0.4, 0.5) is 14.5 Å². The van der Waals surface area contributed by atoms with Crippen molar-refractivity contribution >= 4 is 27.0 Å². The number of nitrogens with zero attached hydrogens (tertiary/aromatic N) is 3. The molecule has 3 heterocycles. The molecular weight excluding hydrogens is 414 g/mol. The number of sulfonamides is 1. The molecule has 30 heavy (non-hydrogen) atoms. The van der Waals surface area contributed by atoms with Crippen LogP contribution in [-0.4, -0.2) is 36.1 Å². The summed E-state index contributed by atoms with van der Waals surface area (Å²) < 4.78 is 52.0. The molecule has 3 aromatic rings. The highest BCUT2D eigenvalue weighted by atomic mass is 32.2. The van der Waals surface area contributed by atoms with Gasteiger partial charge in [0.2, 0.25) is 10.0 Å². The highest BCUT2D eigenvalue weighted by Crippen LogP contribution is 2.38. The molecule has 1 fully saturated rings. The molecule has 1 aromatic carbocycles. The second kappa shape index (κ2) is 8.11. The molecule has 1 atom stereocenters. The third-order valence-electron chi connectivity index (χ3n) is 5.04. The highest BCUT2D eigenvalue weighted by Gasteiger charge is 2.29. The summed E-state index contributed by atoms with van der Waals surface area (Å²) in [4.78, 5) is 14.3. The average Bonchev–Trinajstić information content (AvgIpc) is 3.28. The zero-order valence-electron chi connectivity index (χ0n) is 15.3. The number of carbonyl (C=O) groups is 1. The molecule has 4 rings (SSSR count). The summed E-state index contributed by atoms with van der Waals surface area (Å²) in [5, 5.41) is 9.05. The number of aromatic nitrogens is 2. The van der Waals surface area contributed by atoms with E-state index in [1.54, 1.807) is 18.3 Å². The van der Waals surface area contributed by atoms with Crippen molar-refractivity contribution < 1.29 is 22.0 Å². The number of ketones is 1. The van der Waals surface area contributed by atoms with Crippen molar-refractivity contribution in [2.24, 2.45) is 5.14 Å². The number of fused-ring (bicyclic) bond motifs is 1. The Morgan fingerprint density at radius 2 is 2.00 bits per heavy atom. The van der Waals surface area contributed by atoms with Gasteiger partial charge in [0.05, 0.1) is 23.3 Å².